The lowest BCUT2D eigenvalue weighted by Crippen LogP contribution is -2.44. The molecule has 1 aliphatic heterocycles. The highest BCUT2D eigenvalue weighted by atomic mass is 28.3. The van der Waals surface area contributed by atoms with Crippen molar-refractivity contribution in [1.29, 1.82) is 0 Å². The van der Waals surface area contributed by atoms with E-state index < -0.39 is 8.07 Å². The molecule has 0 spiro atoms. The van der Waals surface area contributed by atoms with Crippen LogP contribution < -0.4 is 4.90 Å². The van der Waals surface area contributed by atoms with Gasteiger partial charge in [-0.1, -0.05) is 31.8 Å². The lowest BCUT2D eigenvalue weighted by molar-refractivity contribution is 0.0785. The van der Waals surface area contributed by atoms with E-state index in [4.69, 9.17) is 19.6 Å². The predicted octanol–water partition coefficient (Wildman–Crippen LogP) is 3.73. The van der Waals surface area contributed by atoms with E-state index in [0.29, 0.717) is 19.9 Å². The Morgan fingerprint density at radius 2 is 2.09 bits per heavy atom. The Labute approximate surface area is 209 Å². The second-order valence-electron chi connectivity index (χ2n) is 10.7. The van der Waals surface area contributed by atoms with Crippen molar-refractivity contribution in [1.82, 2.24) is 29.4 Å². The van der Waals surface area contributed by atoms with Crippen LogP contribution in [0.5, 0.6) is 0 Å². The average molecular weight is 498 g/mol. The van der Waals surface area contributed by atoms with Crippen molar-refractivity contribution in [2.45, 2.75) is 45.4 Å². The minimum atomic E-state index is -1.11. The number of pyridine rings is 1. The largest absolute Gasteiger partial charge is 0.377 e. The fraction of sp³-hybridized carbons (Fsp3) is 0.560. The standard InChI is InChI=1S/C25H39N7O2Si/c1-20-18-33-13-12-31(20)24-16-21(8-7-10-29(2)3)22-17-26-32(25(22)27-24)23-9-11-30(28-23)19-34-14-15-35(4,5)6/h7-9,11,16-17,20H,10,12-15,18-19H2,1-6H3/b8-7+/t20-/m1/s1. The van der Waals surface area contributed by atoms with Crippen LogP contribution in [0.1, 0.15) is 12.5 Å². The molecule has 0 radical (unpaired) electrons. The number of rotatable bonds is 10. The molecule has 0 amide bonds. The van der Waals surface area contributed by atoms with Crippen LogP contribution in [-0.4, -0.2) is 90.6 Å². The Morgan fingerprint density at radius 1 is 1.26 bits per heavy atom. The van der Waals surface area contributed by atoms with Crippen molar-refractivity contribution in [3.63, 3.8) is 0 Å². The highest BCUT2D eigenvalue weighted by molar-refractivity contribution is 6.76. The summed E-state index contributed by atoms with van der Waals surface area (Å²) >= 11 is 0. The maximum Gasteiger partial charge on any atom is 0.177 e. The maximum absolute atomic E-state index is 5.87. The summed E-state index contributed by atoms with van der Waals surface area (Å²) in [6, 6.07) is 5.52. The zero-order chi connectivity index (χ0) is 25.0. The van der Waals surface area contributed by atoms with Gasteiger partial charge in [-0.2, -0.15) is 14.9 Å². The third-order valence-corrected chi connectivity index (χ3v) is 7.76. The third-order valence-electron chi connectivity index (χ3n) is 6.05. The number of anilines is 1. The van der Waals surface area contributed by atoms with Gasteiger partial charge < -0.3 is 19.3 Å². The summed E-state index contributed by atoms with van der Waals surface area (Å²) in [5.41, 5.74) is 1.90. The van der Waals surface area contributed by atoms with Crippen molar-refractivity contribution in [3.8, 4) is 5.82 Å². The Morgan fingerprint density at radius 3 is 2.83 bits per heavy atom. The normalized spacial score (nSPS) is 17.3. The number of fused-ring (bicyclic) bond motifs is 1. The summed E-state index contributed by atoms with van der Waals surface area (Å²) in [6.07, 6.45) is 8.15. The number of aromatic nitrogens is 5. The molecule has 0 aromatic carbocycles. The zero-order valence-electron chi connectivity index (χ0n) is 21.9. The van der Waals surface area contributed by atoms with Crippen LogP contribution in [0.15, 0.2) is 30.6 Å². The topological polar surface area (TPSA) is 73.5 Å². The molecule has 10 heteroatoms. The smallest absolute Gasteiger partial charge is 0.177 e. The first-order valence-corrected chi connectivity index (χ1v) is 16.1. The van der Waals surface area contributed by atoms with Gasteiger partial charge in [0.1, 0.15) is 12.5 Å². The first kappa shape index (κ1) is 25.6. The molecule has 0 unspecified atom stereocenters. The predicted molar refractivity (Wildman–Crippen MR) is 144 cm³/mol. The summed E-state index contributed by atoms with van der Waals surface area (Å²) in [6.45, 7) is 13.5. The van der Waals surface area contributed by atoms with E-state index in [2.05, 4.69) is 73.8 Å². The second kappa shape index (κ2) is 11.0. The highest BCUT2D eigenvalue weighted by Crippen LogP contribution is 2.27. The zero-order valence-corrected chi connectivity index (χ0v) is 22.9. The van der Waals surface area contributed by atoms with Crippen molar-refractivity contribution < 1.29 is 9.47 Å². The van der Waals surface area contributed by atoms with Gasteiger partial charge in [-0.25, -0.2) is 9.67 Å². The van der Waals surface area contributed by atoms with E-state index in [-0.39, 0.29) is 6.04 Å². The lowest BCUT2D eigenvalue weighted by Gasteiger charge is -2.34. The molecule has 1 atom stereocenters. The van der Waals surface area contributed by atoms with Crippen molar-refractivity contribution in [3.05, 3.63) is 36.2 Å². The molecule has 1 saturated heterocycles. The number of morpholine rings is 1. The van der Waals surface area contributed by atoms with Gasteiger partial charge in [0.05, 0.1) is 25.5 Å². The van der Waals surface area contributed by atoms with E-state index >= 15 is 0 Å². The number of ether oxygens (including phenoxy) is 2. The molecule has 190 valence electrons. The molecule has 3 aromatic rings. The van der Waals surface area contributed by atoms with Gasteiger partial charge in [0, 0.05) is 45.4 Å². The maximum atomic E-state index is 5.87. The second-order valence-corrected chi connectivity index (χ2v) is 16.3. The summed E-state index contributed by atoms with van der Waals surface area (Å²) in [7, 11) is 3.02. The molecule has 1 aliphatic rings. The van der Waals surface area contributed by atoms with Gasteiger partial charge in [-0.3, -0.25) is 0 Å². The Bertz CT molecular complexity index is 1150. The molecule has 0 aliphatic carbocycles. The molecule has 9 nitrogen and oxygen atoms in total. The molecule has 0 bridgehead atoms. The number of nitrogens with zero attached hydrogens (tertiary/aromatic N) is 7. The molecule has 3 aromatic heterocycles. The van der Waals surface area contributed by atoms with Gasteiger partial charge >= 0.3 is 0 Å². The molecular formula is C25H39N7O2Si. The van der Waals surface area contributed by atoms with Crippen LogP contribution in [0.25, 0.3) is 22.9 Å². The van der Waals surface area contributed by atoms with Crippen LogP contribution in [0.4, 0.5) is 5.82 Å². The third kappa shape index (κ3) is 6.57. The van der Waals surface area contributed by atoms with Crippen LogP contribution in [-0.2, 0) is 16.2 Å². The van der Waals surface area contributed by atoms with Crippen LogP contribution >= 0.6 is 0 Å². The van der Waals surface area contributed by atoms with Crippen LogP contribution in [0, 0.1) is 0 Å². The highest BCUT2D eigenvalue weighted by Gasteiger charge is 2.23. The molecule has 0 N–H and O–H groups in total. The molecule has 4 rings (SSSR count). The van der Waals surface area contributed by atoms with E-state index in [9.17, 15) is 0 Å². The van der Waals surface area contributed by atoms with Crippen molar-refractivity contribution in [2.24, 2.45) is 0 Å². The van der Waals surface area contributed by atoms with E-state index in [1.54, 1.807) is 0 Å². The summed E-state index contributed by atoms with van der Waals surface area (Å²) < 4.78 is 15.2. The fourth-order valence-corrected chi connectivity index (χ4v) is 4.75. The first-order chi connectivity index (χ1) is 16.7. The van der Waals surface area contributed by atoms with Gasteiger partial charge in [-0.15, -0.1) is 0 Å². The Hall–Kier alpha value is -2.53. The fourth-order valence-electron chi connectivity index (χ4n) is 3.99. The lowest BCUT2D eigenvalue weighted by atomic mass is 10.1. The van der Waals surface area contributed by atoms with E-state index in [1.165, 1.54) is 0 Å². The van der Waals surface area contributed by atoms with E-state index in [0.717, 1.165) is 54.0 Å². The van der Waals surface area contributed by atoms with Gasteiger partial charge in [0.15, 0.2) is 11.5 Å². The first-order valence-electron chi connectivity index (χ1n) is 12.4. The van der Waals surface area contributed by atoms with Gasteiger partial charge in [-0.05, 0) is 38.7 Å². The number of hydrogen-bond donors (Lipinski definition) is 0. The van der Waals surface area contributed by atoms with Gasteiger partial charge in [0.2, 0.25) is 0 Å². The molecule has 4 heterocycles. The van der Waals surface area contributed by atoms with Gasteiger partial charge in [0.25, 0.3) is 0 Å². The van der Waals surface area contributed by atoms with E-state index in [1.807, 2.05) is 27.8 Å². The van der Waals surface area contributed by atoms with Crippen molar-refractivity contribution >= 4 is 31.0 Å². The van der Waals surface area contributed by atoms with Crippen LogP contribution in [0.2, 0.25) is 25.7 Å². The van der Waals surface area contributed by atoms with Crippen LogP contribution in [0.3, 0.4) is 0 Å². The molecule has 1 fully saturated rings. The quantitative estimate of drug-likeness (QED) is 0.312. The average Bonchev–Trinajstić information content (AvgIpc) is 3.43. The number of likely N-dealkylation sites (N-methyl/N-ethyl adjacent to an activating group) is 1. The number of hydrogen-bond acceptors (Lipinski definition) is 7. The summed E-state index contributed by atoms with van der Waals surface area (Å²) in [5.74, 6) is 1.67. The molecular weight excluding hydrogens is 458 g/mol. The summed E-state index contributed by atoms with van der Waals surface area (Å²) in [4.78, 5) is 9.51. The Balaban J connectivity index is 1.63. The molecule has 35 heavy (non-hydrogen) atoms. The minimum Gasteiger partial charge on any atom is -0.377 e. The molecule has 0 saturated carbocycles. The van der Waals surface area contributed by atoms with Crippen molar-refractivity contribution in [2.75, 3.05) is 51.9 Å². The monoisotopic (exact) mass is 497 g/mol. The SMILES string of the molecule is C[C@@H]1COCCN1c1cc(/C=C/CN(C)C)c2cnn(-c3ccn(COCC[Si](C)(C)C)n3)c2n1. The minimum absolute atomic E-state index is 0.260. The Kier molecular flexibility index (Phi) is 8.05. The summed E-state index contributed by atoms with van der Waals surface area (Å²) in [5, 5.41) is 10.4.